The molecule has 0 saturated heterocycles. The van der Waals surface area contributed by atoms with Crippen molar-refractivity contribution >= 4 is 23.3 Å². The van der Waals surface area contributed by atoms with Crippen LogP contribution < -0.4 is 5.32 Å². The van der Waals surface area contributed by atoms with Crippen molar-refractivity contribution in [3.63, 3.8) is 0 Å². The third-order valence-corrected chi connectivity index (χ3v) is 3.72. The van der Waals surface area contributed by atoms with E-state index in [2.05, 4.69) is 10.3 Å². The lowest BCUT2D eigenvalue weighted by atomic mass is 10.2. The molecule has 1 N–H and O–H groups in total. The third kappa shape index (κ3) is 4.46. The Kier molecular flexibility index (Phi) is 5.16. The van der Waals surface area contributed by atoms with Crippen LogP contribution in [0.4, 0.5) is 11.5 Å². The second-order valence-corrected chi connectivity index (χ2v) is 5.74. The molecule has 0 unspecified atom stereocenters. The number of nitrogens with zero attached hydrogens (tertiary/aromatic N) is 2. The van der Waals surface area contributed by atoms with Gasteiger partial charge in [-0.25, -0.2) is 4.98 Å². The predicted molar refractivity (Wildman–Crippen MR) is 85.0 cm³/mol. The van der Waals surface area contributed by atoms with Crippen LogP contribution in [0.1, 0.15) is 18.9 Å². The summed E-state index contributed by atoms with van der Waals surface area (Å²) in [4.78, 5) is 16.1. The Balaban J connectivity index is 2.26. The van der Waals surface area contributed by atoms with E-state index < -0.39 is 4.92 Å². The Morgan fingerprint density at radius 3 is 2.62 bits per heavy atom. The van der Waals surface area contributed by atoms with E-state index in [9.17, 15) is 10.1 Å². The fraction of sp³-hybridized carbons (Fsp3) is 0.267. The maximum absolute atomic E-state index is 11.0. The first-order valence-corrected chi connectivity index (χ1v) is 7.55. The highest BCUT2D eigenvalue weighted by Gasteiger charge is 2.12. The Hall–Kier alpha value is -2.08. The van der Waals surface area contributed by atoms with Crippen LogP contribution >= 0.6 is 11.8 Å². The molecule has 0 aliphatic heterocycles. The Labute approximate surface area is 127 Å². The lowest BCUT2D eigenvalue weighted by Crippen LogP contribution is -2.03. The number of aromatic nitrogens is 1. The van der Waals surface area contributed by atoms with Gasteiger partial charge in [0.05, 0.1) is 11.0 Å². The lowest BCUT2D eigenvalue weighted by Gasteiger charge is -2.07. The maximum Gasteiger partial charge on any atom is 0.275 e. The van der Waals surface area contributed by atoms with Crippen molar-refractivity contribution in [1.82, 2.24) is 4.98 Å². The number of pyridine rings is 1. The molecule has 21 heavy (non-hydrogen) atoms. The van der Waals surface area contributed by atoms with Crippen LogP contribution in [0.5, 0.6) is 0 Å². The van der Waals surface area contributed by atoms with Gasteiger partial charge in [0.15, 0.2) is 0 Å². The van der Waals surface area contributed by atoms with Crippen molar-refractivity contribution < 1.29 is 4.92 Å². The monoisotopic (exact) mass is 303 g/mol. The van der Waals surface area contributed by atoms with Crippen LogP contribution in [-0.2, 0) is 0 Å². The highest BCUT2D eigenvalue weighted by atomic mass is 32.2. The van der Waals surface area contributed by atoms with Gasteiger partial charge in [-0.1, -0.05) is 36.4 Å². The van der Waals surface area contributed by atoms with Gasteiger partial charge in [0.25, 0.3) is 5.69 Å². The molecule has 110 valence electrons. The number of nitro groups is 1. The largest absolute Gasteiger partial charge is 0.370 e. The molecule has 0 saturated carbocycles. The first-order chi connectivity index (χ1) is 10.1. The molecule has 2 aromatic rings. The van der Waals surface area contributed by atoms with Crippen LogP contribution in [0.25, 0.3) is 0 Å². The highest BCUT2D eigenvalue weighted by molar-refractivity contribution is 7.99. The van der Waals surface area contributed by atoms with E-state index >= 15 is 0 Å². The van der Waals surface area contributed by atoms with Crippen molar-refractivity contribution in [3.05, 3.63) is 52.1 Å². The van der Waals surface area contributed by atoms with E-state index in [1.165, 1.54) is 29.5 Å². The van der Waals surface area contributed by atoms with Crippen molar-refractivity contribution in [1.29, 1.82) is 0 Å². The van der Waals surface area contributed by atoms with Crippen LogP contribution in [0, 0.1) is 17.0 Å². The average molecular weight is 303 g/mol. The minimum atomic E-state index is -0.391. The molecule has 2 rings (SSSR count). The normalized spacial score (nSPS) is 10.4. The fourth-order valence-electron chi connectivity index (χ4n) is 1.72. The van der Waals surface area contributed by atoms with Gasteiger partial charge >= 0.3 is 0 Å². The summed E-state index contributed by atoms with van der Waals surface area (Å²) >= 11 is 1.42. The second kappa shape index (κ2) is 7.08. The standard InChI is InChI=1S/C15H17N3O2S/c1-3-8-16-14-9-12(18(19)20)10-15(17-14)21-13-6-4-11(2)5-7-13/h4-7,9-10H,3,8H2,1-2H3,(H,16,17). The molecule has 0 aliphatic rings. The molecule has 0 fully saturated rings. The third-order valence-electron chi connectivity index (χ3n) is 2.80. The average Bonchev–Trinajstić information content (AvgIpc) is 2.47. The van der Waals surface area contributed by atoms with Gasteiger partial charge in [0, 0.05) is 17.5 Å². The molecular formula is C15H17N3O2S. The van der Waals surface area contributed by atoms with Crippen LogP contribution in [0.2, 0.25) is 0 Å². The first kappa shape index (κ1) is 15.3. The highest BCUT2D eigenvalue weighted by Crippen LogP contribution is 2.30. The zero-order chi connectivity index (χ0) is 15.2. The topological polar surface area (TPSA) is 68.1 Å². The molecule has 6 heteroatoms. The molecule has 0 amide bonds. The number of aryl methyl sites for hydroxylation is 1. The molecule has 1 aromatic heterocycles. The minimum absolute atomic E-state index is 0.0539. The molecule has 1 aromatic carbocycles. The summed E-state index contributed by atoms with van der Waals surface area (Å²) < 4.78 is 0. The van der Waals surface area contributed by atoms with Crippen LogP contribution in [0.3, 0.4) is 0 Å². The maximum atomic E-state index is 11.0. The smallest absolute Gasteiger partial charge is 0.275 e. The van der Waals surface area contributed by atoms with Gasteiger partial charge < -0.3 is 5.32 Å². The van der Waals surface area contributed by atoms with Gasteiger partial charge in [0.1, 0.15) is 10.8 Å². The summed E-state index contributed by atoms with van der Waals surface area (Å²) in [6.45, 7) is 4.79. The van der Waals surface area contributed by atoms with Gasteiger partial charge in [-0.3, -0.25) is 10.1 Å². The van der Waals surface area contributed by atoms with E-state index in [-0.39, 0.29) is 5.69 Å². The molecule has 5 nitrogen and oxygen atoms in total. The summed E-state index contributed by atoms with van der Waals surface area (Å²) in [5.41, 5.74) is 1.23. The van der Waals surface area contributed by atoms with Crippen LogP contribution in [0.15, 0.2) is 46.3 Å². The summed E-state index contributed by atoms with van der Waals surface area (Å²) in [5.74, 6) is 0.542. The van der Waals surface area contributed by atoms with Gasteiger partial charge in [0.2, 0.25) is 0 Å². The number of nitrogens with one attached hydrogen (secondary N) is 1. The zero-order valence-corrected chi connectivity index (χ0v) is 12.8. The van der Waals surface area contributed by atoms with Gasteiger partial charge in [-0.05, 0) is 25.5 Å². The number of benzene rings is 1. The fourth-order valence-corrected chi connectivity index (χ4v) is 2.56. The van der Waals surface area contributed by atoms with Crippen LogP contribution in [-0.4, -0.2) is 16.5 Å². The molecule has 0 radical (unpaired) electrons. The van der Waals surface area contributed by atoms with Crippen molar-refractivity contribution in [2.24, 2.45) is 0 Å². The zero-order valence-electron chi connectivity index (χ0n) is 12.0. The molecule has 0 spiro atoms. The summed E-state index contributed by atoms with van der Waals surface area (Å²) in [6, 6.07) is 11.0. The summed E-state index contributed by atoms with van der Waals surface area (Å²) in [6.07, 6.45) is 0.935. The van der Waals surface area contributed by atoms with Crippen molar-refractivity contribution in [2.45, 2.75) is 30.2 Å². The van der Waals surface area contributed by atoms with E-state index in [1.807, 2.05) is 38.1 Å². The first-order valence-electron chi connectivity index (χ1n) is 6.73. The van der Waals surface area contributed by atoms with Crippen molar-refractivity contribution in [2.75, 3.05) is 11.9 Å². The number of hydrogen-bond acceptors (Lipinski definition) is 5. The van der Waals surface area contributed by atoms with Gasteiger partial charge in [-0.2, -0.15) is 0 Å². The molecule has 0 atom stereocenters. The quantitative estimate of drug-likeness (QED) is 0.637. The summed E-state index contributed by atoms with van der Waals surface area (Å²) in [7, 11) is 0. The number of anilines is 1. The lowest BCUT2D eigenvalue weighted by molar-refractivity contribution is -0.385. The number of rotatable bonds is 6. The Morgan fingerprint density at radius 2 is 2.00 bits per heavy atom. The molecule has 1 heterocycles. The summed E-state index contributed by atoms with van der Waals surface area (Å²) in [5, 5.41) is 14.7. The number of hydrogen-bond donors (Lipinski definition) is 1. The molecule has 0 bridgehead atoms. The van der Waals surface area contributed by atoms with Gasteiger partial charge in [-0.15, -0.1) is 0 Å². The van der Waals surface area contributed by atoms with E-state index in [4.69, 9.17) is 0 Å². The predicted octanol–water partition coefficient (Wildman–Crippen LogP) is 4.27. The van der Waals surface area contributed by atoms with E-state index in [0.717, 1.165) is 17.9 Å². The second-order valence-electron chi connectivity index (χ2n) is 4.65. The SMILES string of the molecule is CCCNc1cc([N+](=O)[O-])cc(Sc2ccc(C)cc2)n1. The Bertz CT molecular complexity index is 629. The minimum Gasteiger partial charge on any atom is -0.370 e. The molecular weight excluding hydrogens is 286 g/mol. The Morgan fingerprint density at radius 1 is 1.29 bits per heavy atom. The van der Waals surface area contributed by atoms with Crippen molar-refractivity contribution in [3.8, 4) is 0 Å². The molecule has 0 aliphatic carbocycles. The van der Waals surface area contributed by atoms with E-state index in [0.29, 0.717) is 10.8 Å². The van der Waals surface area contributed by atoms with E-state index in [1.54, 1.807) is 0 Å².